The number of aromatic nitrogens is 1. The Labute approximate surface area is 164 Å². The monoisotopic (exact) mass is 386 g/mol. The smallest absolute Gasteiger partial charge is 0.345 e. The van der Waals surface area contributed by atoms with E-state index in [1.807, 2.05) is 49.4 Å². The molecular weight excluding hydrogens is 372 g/mol. The first-order chi connectivity index (χ1) is 13.7. The van der Waals surface area contributed by atoms with E-state index in [1.165, 1.54) is 11.3 Å². The molecule has 0 saturated carbocycles. The lowest BCUT2D eigenvalue weighted by atomic mass is 10.1. The van der Waals surface area contributed by atoms with Crippen molar-refractivity contribution in [3.05, 3.63) is 81.0 Å². The van der Waals surface area contributed by atoms with Crippen LogP contribution in [0.3, 0.4) is 0 Å². The minimum Gasteiger partial charge on any atom is -0.422 e. The van der Waals surface area contributed by atoms with Crippen LogP contribution in [0.5, 0.6) is 0 Å². The highest BCUT2D eigenvalue weighted by atomic mass is 32.1. The maximum Gasteiger partial charge on any atom is 0.345 e. The van der Waals surface area contributed by atoms with Crippen LogP contribution in [-0.2, 0) is 0 Å². The lowest BCUT2D eigenvalue weighted by molar-refractivity contribution is 0.563. The lowest BCUT2D eigenvalue weighted by Crippen LogP contribution is -2.05. The highest BCUT2D eigenvalue weighted by molar-refractivity contribution is 7.12. The Balaban J connectivity index is 1.68. The van der Waals surface area contributed by atoms with Crippen LogP contribution < -0.4 is 11.1 Å². The number of hydrazone groups is 1. The molecule has 6 nitrogen and oxygen atoms in total. The fourth-order valence-electron chi connectivity index (χ4n) is 2.68. The van der Waals surface area contributed by atoms with Crippen molar-refractivity contribution in [3.63, 3.8) is 0 Å². The molecule has 4 aromatic rings. The summed E-state index contributed by atoms with van der Waals surface area (Å²) >= 11 is 1.25. The second-order valence-electron chi connectivity index (χ2n) is 6.02. The predicted octanol–water partition coefficient (Wildman–Crippen LogP) is 4.56. The lowest BCUT2D eigenvalue weighted by Gasteiger charge is -2.03. The second-order valence-corrected chi connectivity index (χ2v) is 6.88. The van der Waals surface area contributed by atoms with Gasteiger partial charge in [-0.15, -0.1) is 11.3 Å². The van der Waals surface area contributed by atoms with Gasteiger partial charge in [-0.25, -0.2) is 9.78 Å². The molecule has 2 heterocycles. The van der Waals surface area contributed by atoms with Gasteiger partial charge < -0.3 is 4.42 Å². The molecule has 1 N–H and O–H groups in total. The van der Waals surface area contributed by atoms with Crippen molar-refractivity contribution < 1.29 is 4.42 Å². The summed E-state index contributed by atoms with van der Waals surface area (Å²) < 4.78 is 5.36. The molecule has 0 aliphatic heterocycles. The van der Waals surface area contributed by atoms with Gasteiger partial charge in [0, 0.05) is 10.8 Å². The molecule has 28 heavy (non-hydrogen) atoms. The number of fused-ring (bicyclic) bond motifs is 1. The minimum absolute atomic E-state index is 0.143. The fraction of sp³-hybridized carbons (Fsp3) is 0.0476. The third-order valence-electron chi connectivity index (χ3n) is 4.16. The Morgan fingerprint density at radius 1 is 1.21 bits per heavy atom. The van der Waals surface area contributed by atoms with Gasteiger partial charge in [0.15, 0.2) is 10.7 Å². The zero-order valence-corrected chi connectivity index (χ0v) is 15.7. The number of nitrogens with zero attached hydrogens (tertiary/aromatic N) is 3. The summed E-state index contributed by atoms with van der Waals surface area (Å²) in [6.07, 6.45) is 0. The SMILES string of the molecule is Cc1ccccc1N/N=C(\C#N)c1nc(-c2cc3ccccc3oc2=O)cs1. The van der Waals surface area contributed by atoms with E-state index in [0.29, 0.717) is 21.8 Å². The van der Waals surface area contributed by atoms with E-state index in [1.54, 1.807) is 17.5 Å². The first-order valence-corrected chi connectivity index (χ1v) is 9.32. The van der Waals surface area contributed by atoms with Crippen LogP contribution in [0.25, 0.3) is 22.2 Å². The molecule has 0 fully saturated rings. The third-order valence-corrected chi connectivity index (χ3v) is 5.01. The maximum absolute atomic E-state index is 12.3. The molecule has 0 bridgehead atoms. The van der Waals surface area contributed by atoms with Gasteiger partial charge >= 0.3 is 5.63 Å². The molecule has 4 rings (SSSR count). The zero-order chi connectivity index (χ0) is 19.5. The van der Waals surface area contributed by atoms with Gasteiger partial charge in [0.1, 0.15) is 11.7 Å². The van der Waals surface area contributed by atoms with E-state index < -0.39 is 5.63 Å². The molecule has 136 valence electrons. The average Bonchev–Trinajstić information content (AvgIpc) is 3.19. The van der Waals surface area contributed by atoms with E-state index >= 15 is 0 Å². The van der Waals surface area contributed by atoms with Crippen molar-refractivity contribution in [1.82, 2.24) is 4.98 Å². The normalized spacial score (nSPS) is 11.4. The summed E-state index contributed by atoms with van der Waals surface area (Å²) in [7, 11) is 0. The molecule has 0 unspecified atom stereocenters. The van der Waals surface area contributed by atoms with Gasteiger partial charge in [0.05, 0.1) is 16.9 Å². The van der Waals surface area contributed by atoms with Gasteiger partial charge in [-0.05, 0) is 30.7 Å². The number of hydrogen-bond acceptors (Lipinski definition) is 7. The number of thiazole rings is 1. The molecule has 0 saturated heterocycles. The Morgan fingerprint density at radius 2 is 2.00 bits per heavy atom. The number of para-hydroxylation sites is 2. The molecule has 2 aromatic heterocycles. The van der Waals surface area contributed by atoms with Crippen molar-refractivity contribution in [2.45, 2.75) is 6.92 Å². The number of hydrogen-bond donors (Lipinski definition) is 1. The van der Waals surface area contributed by atoms with Crippen LogP contribution in [0.2, 0.25) is 0 Å². The van der Waals surface area contributed by atoms with Crippen molar-refractivity contribution in [2.75, 3.05) is 5.43 Å². The molecular formula is C21H14N4O2S. The Hall–Kier alpha value is -3.76. The van der Waals surface area contributed by atoms with Gasteiger partial charge in [-0.2, -0.15) is 10.4 Å². The molecule has 0 spiro atoms. The first kappa shape index (κ1) is 17.6. The Morgan fingerprint density at radius 3 is 2.82 bits per heavy atom. The van der Waals surface area contributed by atoms with Crippen LogP contribution in [0, 0.1) is 18.3 Å². The van der Waals surface area contributed by atoms with Crippen molar-refractivity contribution in [2.24, 2.45) is 5.10 Å². The predicted molar refractivity (Wildman–Crippen MR) is 111 cm³/mol. The largest absolute Gasteiger partial charge is 0.422 e. The van der Waals surface area contributed by atoms with Crippen LogP contribution in [0.1, 0.15) is 10.6 Å². The first-order valence-electron chi connectivity index (χ1n) is 8.44. The number of aryl methyl sites for hydroxylation is 1. The summed E-state index contributed by atoms with van der Waals surface area (Å²) in [6, 6.07) is 18.7. The van der Waals surface area contributed by atoms with E-state index in [4.69, 9.17) is 4.42 Å². The quantitative estimate of drug-likeness (QED) is 0.315. The standard InChI is InChI=1S/C21H14N4O2S/c1-13-6-2-4-8-16(13)24-25-17(11-22)20-23-18(12-28-20)15-10-14-7-3-5-9-19(14)27-21(15)26/h2-10,12,24H,1H3/b25-17+. The molecule has 0 atom stereocenters. The van der Waals surface area contributed by atoms with E-state index in [0.717, 1.165) is 16.6 Å². The number of anilines is 1. The number of nitrogens with one attached hydrogen (secondary N) is 1. The summed E-state index contributed by atoms with van der Waals surface area (Å²) in [6.45, 7) is 1.95. The average molecular weight is 386 g/mol. The highest BCUT2D eigenvalue weighted by Gasteiger charge is 2.14. The summed E-state index contributed by atoms with van der Waals surface area (Å²) in [5.41, 5.74) is 5.72. The van der Waals surface area contributed by atoms with Crippen molar-refractivity contribution in [1.29, 1.82) is 5.26 Å². The zero-order valence-electron chi connectivity index (χ0n) is 14.8. The van der Waals surface area contributed by atoms with Gasteiger partial charge in [0.25, 0.3) is 0 Å². The Bertz CT molecular complexity index is 1300. The van der Waals surface area contributed by atoms with Gasteiger partial charge in [0.2, 0.25) is 0 Å². The topological polar surface area (TPSA) is 91.3 Å². The molecule has 7 heteroatoms. The van der Waals surface area contributed by atoms with Crippen LogP contribution in [0.4, 0.5) is 5.69 Å². The molecule has 0 aliphatic carbocycles. The molecule has 2 aromatic carbocycles. The van der Waals surface area contributed by atoms with E-state index in [2.05, 4.69) is 21.6 Å². The molecule has 0 amide bonds. The number of rotatable bonds is 4. The highest BCUT2D eigenvalue weighted by Crippen LogP contribution is 2.23. The van der Waals surface area contributed by atoms with Crippen molar-refractivity contribution >= 4 is 33.7 Å². The fourth-order valence-corrected chi connectivity index (χ4v) is 3.44. The van der Waals surface area contributed by atoms with E-state index in [9.17, 15) is 10.1 Å². The van der Waals surface area contributed by atoms with Crippen molar-refractivity contribution in [3.8, 4) is 17.3 Å². The van der Waals surface area contributed by atoms with Crippen LogP contribution >= 0.6 is 11.3 Å². The summed E-state index contributed by atoms with van der Waals surface area (Å²) in [5, 5.41) is 16.6. The van der Waals surface area contributed by atoms with Crippen LogP contribution in [0.15, 0.2) is 74.3 Å². The summed E-state index contributed by atoms with van der Waals surface area (Å²) in [5.74, 6) is 0. The van der Waals surface area contributed by atoms with Gasteiger partial charge in [-0.3, -0.25) is 5.43 Å². The van der Waals surface area contributed by atoms with Gasteiger partial charge in [-0.1, -0.05) is 36.4 Å². The second kappa shape index (κ2) is 7.47. The Kier molecular flexibility index (Phi) is 4.70. The number of nitriles is 1. The minimum atomic E-state index is -0.468. The van der Waals surface area contributed by atoms with Crippen LogP contribution in [-0.4, -0.2) is 10.7 Å². The molecule has 0 radical (unpaired) electrons. The molecule has 0 aliphatic rings. The summed E-state index contributed by atoms with van der Waals surface area (Å²) in [4.78, 5) is 16.7. The number of benzene rings is 2. The maximum atomic E-state index is 12.3. The third kappa shape index (κ3) is 3.41. The van der Waals surface area contributed by atoms with E-state index in [-0.39, 0.29) is 5.71 Å².